The third-order valence-electron chi connectivity index (χ3n) is 11.4. The Morgan fingerprint density at radius 2 is 1.94 bits per heavy atom. The van der Waals surface area contributed by atoms with Crippen molar-refractivity contribution in [3.05, 3.63) is 22.8 Å². The molecule has 2 aliphatic heterocycles. The molecule has 2 saturated heterocycles. The molecule has 4 nitrogen and oxygen atoms in total. The van der Waals surface area contributed by atoms with E-state index in [1.165, 1.54) is 38.5 Å². The van der Waals surface area contributed by atoms with Crippen LogP contribution in [0.1, 0.15) is 98.8 Å². The fourth-order valence-corrected chi connectivity index (χ4v) is 9.68. The Balaban J connectivity index is 0.00000124. The second-order valence-electron chi connectivity index (χ2n) is 12.8. The smallest absolute Gasteiger partial charge is 0.0765 e. The number of hydrogen-bond donors (Lipinski definition) is 2. The van der Waals surface area contributed by atoms with Crippen molar-refractivity contribution in [3.63, 3.8) is 0 Å². The zero-order valence-corrected chi connectivity index (χ0v) is 23.1. The summed E-state index contributed by atoms with van der Waals surface area (Å²) in [6.07, 6.45) is 14.2. The topological polar surface area (TPSA) is 52.9 Å². The lowest BCUT2D eigenvalue weighted by Gasteiger charge is -2.49. The molecule has 0 aromatic rings. The lowest BCUT2D eigenvalue weighted by atomic mass is 9.56. The van der Waals surface area contributed by atoms with Gasteiger partial charge in [0.05, 0.1) is 24.4 Å². The summed E-state index contributed by atoms with van der Waals surface area (Å²) in [5.74, 6) is 2.79. The van der Waals surface area contributed by atoms with Crippen molar-refractivity contribution in [2.24, 2.45) is 29.1 Å². The maximum absolute atomic E-state index is 10.3. The summed E-state index contributed by atoms with van der Waals surface area (Å²) in [5, 5.41) is 19.9. The van der Waals surface area contributed by atoms with Crippen LogP contribution in [-0.2, 0) is 4.74 Å². The van der Waals surface area contributed by atoms with E-state index >= 15 is 0 Å². The zero-order chi connectivity index (χ0) is 25.0. The molecule has 1 spiro atoms. The molecule has 0 amide bonds. The minimum absolute atomic E-state index is 0.0151. The van der Waals surface area contributed by atoms with Crippen LogP contribution in [0.3, 0.4) is 0 Å². The largest absolute Gasteiger partial charge is 0.395 e. The molecule has 0 aromatic heterocycles. The molecule has 198 valence electrons. The van der Waals surface area contributed by atoms with Crippen LogP contribution in [0.15, 0.2) is 22.8 Å². The lowest BCUT2D eigenvalue weighted by Crippen LogP contribution is -2.50. The van der Waals surface area contributed by atoms with Crippen LogP contribution >= 0.6 is 0 Å². The highest BCUT2D eigenvalue weighted by Gasteiger charge is 2.58. The number of ether oxygens (including phenoxy) is 1. The standard InChI is InChI=1S/C29H45NO3.C2H6/c1-18-17-29(19(2)27-26(33-29)5-4-12-30(27)13-14-31)11-9-22-23-7-6-20-15-21(32)8-10-28(20,3)25(23)16-24(18)22;1-2/h6,19,21-23,25-27,31-32H,4-5,7-17H2,1-3H3;1-2H3. The number of aliphatic hydroxyl groups excluding tert-OH is 2. The molecule has 9 atom stereocenters. The van der Waals surface area contributed by atoms with Crippen LogP contribution in [0.2, 0.25) is 0 Å². The number of β-amino-alcohol motifs (C(OH)–C–C–N with tert-alkyl or cyclic N) is 1. The van der Waals surface area contributed by atoms with Crippen molar-refractivity contribution < 1.29 is 14.9 Å². The summed E-state index contributed by atoms with van der Waals surface area (Å²) < 4.78 is 7.05. The van der Waals surface area contributed by atoms with Crippen LogP contribution in [0.25, 0.3) is 0 Å². The first kappa shape index (κ1) is 25.9. The van der Waals surface area contributed by atoms with E-state index < -0.39 is 0 Å². The number of allylic oxidation sites excluding steroid dienone is 2. The van der Waals surface area contributed by atoms with Gasteiger partial charge in [-0.15, -0.1) is 0 Å². The molecule has 9 unspecified atom stereocenters. The van der Waals surface area contributed by atoms with Gasteiger partial charge in [0.2, 0.25) is 0 Å². The average molecular weight is 486 g/mol. The molecular weight excluding hydrogens is 434 g/mol. The second kappa shape index (κ2) is 9.89. The van der Waals surface area contributed by atoms with Crippen LogP contribution in [0, 0.1) is 29.1 Å². The number of likely N-dealkylation sites (tertiary alicyclic amines) is 1. The Morgan fingerprint density at radius 1 is 1.14 bits per heavy atom. The predicted octanol–water partition coefficient (Wildman–Crippen LogP) is 5.88. The minimum Gasteiger partial charge on any atom is -0.395 e. The monoisotopic (exact) mass is 485 g/mol. The first-order valence-corrected chi connectivity index (χ1v) is 14.9. The molecule has 2 N–H and O–H groups in total. The van der Waals surface area contributed by atoms with Gasteiger partial charge in [-0.1, -0.05) is 50.5 Å². The summed E-state index contributed by atoms with van der Waals surface area (Å²) in [6, 6.07) is 0.474. The highest BCUT2D eigenvalue weighted by atomic mass is 16.5. The molecule has 4 heteroatoms. The summed E-state index contributed by atoms with van der Waals surface area (Å²) in [5.41, 5.74) is 5.26. The van der Waals surface area contributed by atoms with Gasteiger partial charge in [0.15, 0.2) is 0 Å². The first-order valence-electron chi connectivity index (χ1n) is 14.9. The average Bonchev–Trinajstić information content (AvgIpc) is 3.32. The number of rotatable bonds is 2. The summed E-state index contributed by atoms with van der Waals surface area (Å²) in [4.78, 5) is 2.53. The zero-order valence-electron chi connectivity index (χ0n) is 23.1. The first-order chi connectivity index (χ1) is 16.9. The molecule has 2 saturated carbocycles. The van der Waals surface area contributed by atoms with Crippen LogP contribution in [-0.4, -0.2) is 58.7 Å². The molecule has 0 aromatic carbocycles. The quantitative estimate of drug-likeness (QED) is 0.480. The van der Waals surface area contributed by atoms with Gasteiger partial charge < -0.3 is 14.9 Å². The van der Waals surface area contributed by atoms with Crippen molar-refractivity contribution in [2.45, 2.75) is 123 Å². The van der Waals surface area contributed by atoms with E-state index in [0.717, 1.165) is 56.5 Å². The van der Waals surface area contributed by atoms with E-state index in [1.807, 2.05) is 13.8 Å². The molecule has 0 radical (unpaired) electrons. The molecule has 6 aliphatic rings. The van der Waals surface area contributed by atoms with Gasteiger partial charge in [-0.3, -0.25) is 4.90 Å². The molecule has 2 heterocycles. The van der Waals surface area contributed by atoms with Crippen molar-refractivity contribution in [1.82, 2.24) is 4.90 Å². The summed E-state index contributed by atoms with van der Waals surface area (Å²) in [6.45, 7) is 13.6. The molecule has 0 bridgehead atoms. The number of hydrogen-bond acceptors (Lipinski definition) is 4. The lowest BCUT2D eigenvalue weighted by molar-refractivity contribution is -0.0734. The Labute approximate surface area is 214 Å². The van der Waals surface area contributed by atoms with E-state index in [1.54, 1.807) is 16.7 Å². The predicted molar refractivity (Wildman–Crippen MR) is 142 cm³/mol. The van der Waals surface area contributed by atoms with Gasteiger partial charge in [0.25, 0.3) is 0 Å². The maximum Gasteiger partial charge on any atom is 0.0765 e. The van der Waals surface area contributed by atoms with E-state index in [0.29, 0.717) is 23.5 Å². The summed E-state index contributed by atoms with van der Waals surface area (Å²) in [7, 11) is 0. The number of aliphatic hydroxyl groups is 2. The van der Waals surface area contributed by atoms with Crippen molar-refractivity contribution in [2.75, 3.05) is 19.7 Å². The van der Waals surface area contributed by atoms with Gasteiger partial charge >= 0.3 is 0 Å². The molecule has 35 heavy (non-hydrogen) atoms. The third-order valence-corrected chi connectivity index (χ3v) is 11.4. The highest BCUT2D eigenvalue weighted by Crippen LogP contribution is 2.63. The van der Waals surface area contributed by atoms with Gasteiger partial charge in [0, 0.05) is 18.5 Å². The summed E-state index contributed by atoms with van der Waals surface area (Å²) >= 11 is 0. The Bertz CT molecular complexity index is 848. The Kier molecular flexibility index (Phi) is 7.33. The molecule has 4 aliphatic carbocycles. The number of piperidine rings is 1. The third kappa shape index (κ3) is 4.10. The Morgan fingerprint density at radius 3 is 2.71 bits per heavy atom. The second-order valence-corrected chi connectivity index (χ2v) is 12.8. The molecule has 6 rings (SSSR count). The number of fused-ring (bicyclic) bond motifs is 6. The van der Waals surface area contributed by atoms with Gasteiger partial charge in [-0.25, -0.2) is 0 Å². The van der Waals surface area contributed by atoms with Gasteiger partial charge in [-0.05, 0) is 101 Å². The van der Waals surface area contributed by atoms with E-state index in [9.17, 15) is 10.2 Å². The van der Waals surface area contributed by atoms with Crippen LogP contribution in [0.5, 0.6) is 0 Å². The fraction of sp³-hybridized carbons (Fsp3) is 0.871. The fourth-order valence-electron chi connectivity index (χ4n) is 9.68. The number of nitrogens with zero attached hydrogens (tertiary/aromatic N) is 1. The van der Waals surface area contributed by atoms with E-state index in [-0.39, 0.29) is 18.3 Å². The van der Waals surface area contributed by atoms with Crippen LogP contribution in [0.4, 0.5) is 0 Å². The van der Waals surface area contributed by atoms with Crippen LogP contribution < -0.4 is 0 Å². The molecular formula is C31H51NO3. The SMILES string of the molecule is CC.CC1=C2CC3C(CC=C4CC(O)CCC43C)C2CCC2(C1)OC1CCCN(CCO)C1C2C. The van der Waals surface area contributed by atoms with E-state index in [2.05, 4.69) is 31.7 Å². The van der Waals surface area contributed by atoms with Crippen molar-refractivity contribution >= 4 is 0 Å². The molecule has 4 fully saturated rings. The minimum atomic E-state index is -0.122. The van der Waals surface area contributed by atoms with Gasteiger partial charge in [0.1, 0.15) is 0 Å². The maximum atomic E-state index is 10.3. The highest BCUT2D eigenvalue weighted by molar-refractivity contribution is 5.34. The van der Waals surface area contributed by atoms with Crippen molar-refractivity contribution in [1.29, 1.82) is 0 Å². The van der Waals surface area contributed by atoms with Gasteiger partial charge in [-0.2, -0.15) is 0 Å². The normalized spacial score (nSPS) is 47.2. The van der Waals surface area contributed by atoms with Crippen molar-refractivity contribution in [3.8, 4) is 0 Å². The van der Waals surface area contributed by atoms with E-state index in [4.69, 9.17) is 4.74 Å². The Hall–Kier alpha value is -0.680.